The molecular formula is C9H6Br2ClF3. The van der Waals surface area contributed by atoms with Crippen molar-refractivity contribution >= 4 is 43.5 Å². The maximum Gasteiger partial charge on any atom is 0.408 e. The first-order valence-electron chi connectivity index (χ1n) is 3.90. The number of hydrogen-bond acceptors (Lipinski definition) is 0. The Balaban J connectivity index is 3.21. The highest BCUT2D eigenvalue weighted by Gasteiger charge is 2.40. The highest BCUT2D eigenvalue weighted by Crippen LogP contribution is 2.42. The Hall–Kier alpha value is 0.260. The van der Waals surface area contributed by atoms with Gasteiger partial charge in [-0.2, -0.15) is 13.2 Å². The van der Waals surface area contributed by atoms with Gasteiger partial charge in [-0.25, -0.2) is 0 Å². The molecule has 15 heavy (non-hydrogen) atoms. The number of benzene rings is 1. The van der Waals surface area contributed by atoms with Gasteiger partial charge >= 0.3 is 6.18 Å². The summed E-state index contributed by atoms with van der Waals surface area (Å²) in [5.41, 5.74) is 0.860. The van der Waals surface area contributed by atoms with E-state index in [0.29, 0.717) is 8.95 Å². The number of rotatable bonds is 1. The van der Waals surface area contributed by atoms with Crippen LogP contribution in [0.25, 0.3) is 0 Å². The van der Waals surface area contributed by atoms with E-state index in [2.05, 4.69) is 31.9 Å². The maximum atomic E-state index is 12.4. The molecule has 0 aliphatic carbocycles. The fourth-order valence-electron chi connectivity index (χ4n) is 1.03. The molecule has 0 radical (unpaired) electrons. The van der Waals surface area contributed by atoms with Gasteiger partial charge in [-0.1, -0.05) is 31.9 Å². The molecule has 0 N–H and O–H groups in total. The lowest BCUT2D eigenvalue weighted by molar-refractivity contribution is -0.131. The molecule has 0 heterocycles. The van der Waals surface area contributed by atoms with Crippen LogP contribution in [0, 0.1) is 6.92 Å². The predicted octanol–water partition coefficient (Wildman–Crippen LogP) is 5.36. The van der Waals surface area contributed by atoms with Crippen molar-refractivity contribution in [3.63, 3.8) is 0 Å². The molecule has 1 aromatic rings. The van der Waals surface area contributed by atoms with Crippen LogP contribution in [0.5, 0.6) is 0 Å². The van der Waals surface area contributed by atoms with Crippen molar-refractivity contribution in [1.82, 2.24) is 0 Å². The Bertz CT molecular complexity index is 376. The average Bonchev–Trinajstić information content (AvgIpc) is 2.08. The van der Waals surface area contributed by atoms with Gasteiger partial charge in [0.2, 0.25) is 0 Å². The van der Waals surface area contributed by atoms with Crippen molar-refractivity contribution in [2.45, 2.75) is 18.5 Å². The molecule has 0 saturated carbocycles. The van der Waals surface area contributed by atoms with Crippen LogP contribution in [-0.2, 0) is 0 Å². The fourth-order valence-corrected chi connectivity index (χ4v) is 2.39. The first-order valence-corrected chi connectivity index (χ1v) is 5.92. The van der Waals surface area contributed by atoms with Crippen molar-refractivity contribution in [2.75, 3.05) is 0 Å². The van der Waals surface area contributed by atoms with Gasteiger partial charge in [0.25, 0.3) is 0 Å². The molecular weight excluding hydrogens is 360 g/mol. The standard InChI is InChI=1S/C9H6Br2ClF3/c1-4-2-7(11)5(3-6(4)10)8(12)9(13,14)15/h2-3,8H,1H3. The van der Waals surface area contributed by atoms with Crippen LogP contribution < -0.4 is 0 Å². The molecule has 0 nitrogen and oxygen atoms in total. The molecule has 0 bridgehead atoms. The second kappa shape index (κ2) is 4.63. The van der Waals surface area contributed by atoms with Crippen molar-refractivity contribution in [3.8, 4) is 0 Å². The summed E-state index contributed by atoms with van der Waals surface area (Å²) in [6, 6.07) is 2.98. The molecule has 0 amide bonds. The molecule has 1 atom stereocenters. The van der Waals surface area contributed by atoms with E-state index in [0.717, 1.165) is 5.56 Å². The van der Waals surface area contributed by atoms with E-state index in [1.807, 2.05) is 0 Å². The van der Waals surface area contributed by atoms with Gasteiger partial charge in [-0.15, -0.1) is 11.6 Å². The van der Waals surface area contributed by atoms with E-state index < -0.39 is 11.6 Å². The van der Waals surface area contributed by atoms with Crippen LogP contribution in [0.15, 0.2) is 21.1 Å². The van der Waals surface area contributed by atoms with E-state index in [4.69, 9.17) is 11.6 Å². The normalized spacial score (nSPS) is 14.1. The molecule has 1 unspecified atom stereocenters. The van der Waals surface area contributed by atoms with Gasteiger partial charge in [0.1, 0.15) is 0 Å². The molecule has 1 aromatic carbocycles. The minimum atomic E-state index is -4.45. The monoisotopic (exact) mass is 364 g/mol. The lowest BCUT2D eigenvalue weighted by atomic mass is 10.1. The zero-order valence-electron chi connectivity index (χ0n) is 7.50. The lowest BCUT2D eigenvalue weighted by Gasteiger charge is -2.16. The molecule has 0 aliphatic heterocycles. The van der Waals surface area contributed by atoms with E-state index in [9.17, 15) is 13.2 Å². The van der Waals surface area contributed by atoms with Crippen molar-refractivity contribution < 1.29 is 13.2 Å². The van der Waals surface area contributed by atoms with Crippen LogP contribution in [0.1, 0.15) is 16.5 Å². The quantitative estimate of drug-likeness (QED) is 0.587. The topological polar surface area (TPSA) is 0 Å². The van der Waals surface area contributed by atoms with Crippen LogP contribution in [0.2, 0.25) is 0 Å². The molecule has 0 saturated heterocycles. The van der Waals surface area contributed by atoms with E-state index in [1.54, 1.807) is 13.0 Å². The van der Waals surface area contributed by atoms with Gasteiger partial charge < -0.3 is 0 Å². The first-order chi connectivity index (χ1) is 6.73. The number of hydrogen-bond donors (Lipinski definition) is 0. The van der Waals surface area contributed by atoms with E-state index in [1.165, 1.54) is 6.07 Å². The highest BCUT2D eigenvalue weighted by atomic mass is 79.9. The summed E-state index contributed by atoms with van der Waals surface area (Å²) < 4.78 is 38.1. The number of alkyl halides is 4. The molecule has 0 fully saturated rings. The molecule has 6 heteroatoms. The maximum absolute atomic E-state index is 12.4. The van der Waals surface area contributed by atoms with Gasteiger partial charge in [-0.05, 0) is 30.2 Å². The SMILES string of the molecule is Cc1cc(Br)c(C(Cl)C(F)(F)F)cc1Br. The lowest BCUT2D eigenvalue weighted by Crippen LogP contribution is -2.16. The summed E-state index contributed by atoms with van der Waals surface area (Å²) in [5.74, 6) is 0. The summed E-state index contributed by atoms with van der Waals surface area (Å²) in [6.45, 7) is 1.79. The third-order valence-electron chi connectivity index (χ3n) is 1.84. The van der Waals surface area contributed by atoms with E-state index in [-0.39, 0.29) is 5.56 Å². The first kappa shape index (κ1) is 13.3. The molecule has 0 spiro atoms. The van der Waals surface area contributed by atoms with Crippen molar-refractivity contribution in [2.24, 2.45) is 0 Å². The second-order valence-electron chi connectivity index (χ2n) is 3.03. The van der Waals surface area contributed by atoms with Crippen molar-refractivity contribution in [1.29, 1.82) is 0 Å². The van der Waals surface area contributed by atoms with Crippen LogP contribution in [0.4, 0.5) is 13.2 Å². The molecule has 84 valence electrons. The zero-order chi connectivity index (χ0) is 11.8. The fraction of sp³-hybridized carbons (Fsp3) is 0.333. The van der Waals surface area contributed by atoms with Gasteiger partial charge in [0.05, 0.1) is 0 Å². The summed E-state index contributed by atoms with van der Waals surface area (Å²) in [7, 11) is 0. The van der Waals surface area contributed by atoms with E-state index >= 15 is 0 Å². The van der Waals surface area contributed by atoms with Crippen LogP contribution in [0.3, 0.4) is 0 Å². The van der Waals surface area contributed by atoms with Gasteiger partial charge in [0, 0.05) is 8.95 Å². The minimum Gasteiger partial charge on any atom is -0.169 e. The highest BCUT2D eigenvalue weighted by molar-refractivity contribution is 9.11. The summed E-state index contributed by atoms with van der Waals surface area (Å²) in [5, 5.41) is -2.00. The van der Waals surface area contributed by atoms with Crippen LogP contribution in [-0.4, -0.2) is 6.18 Å². The Kier molecular flexibility index (Phi) is 4.12. The molecule has 1 rings (SSSR count). The molecule has 0 aliphatic rings. The Labute approximate surface area is 107 Å². The van der Waals surface area contributed by atoms with Gasteiger partial charge in [0.15, 0.2) is 5.38 Å². The largest absolute Gasteiger partial charge is 0.408 e. The predicted molar refractivity (Wildman–Crippen MR) is 61.2 cm³/mol. The third-order valence-corrected chi connectivity index (χ3v) is 3.86. The number of halogens is 6. The summed E-state index contributed by atoms with van der Waals surface area (Å²) in [6.07, 6.45) is -4.45. The summed E-state index contributed by atoms with van der Waals surface area (Å²) >= 11 is 11.6. The zero-order valence-corrected chi connectivity index (χ0v) is 11.4. The van der Waals surface area contributed by atoms with Gasteiger partial charge in [-0.3, -0.25) is 0 Å². The number of aryl methyl sites for hydroxylation is 1. The Morgan fingerprint density at radius 2 is 1.73 bits per heavy atom. The summed E-state index contributed by atoms with van der Waals surface area (Å²) in [4.78, 5) is 0. The second-order valence-corrected chi connectivity index (χ2v) is 5.17. The Morgan fingerprint density at radius 1 is 1.20 bits per heavy atom. The smallest absolute Gasteiger partial charge is 0.169 e. The average molecular weight is 366 g/mol. The minimum absolute atomic E-state index is 0.0154. The van der Waals surface area contributed by atoms with Crippen LogP contribution >= 0.6 is 43.5 Å². The Morgan fingerprint density at radius 3 is 2.20 bits per heavy atom. The third kappa shape index (κ3) is 3.11. The van der Waals surface area contributed by atoms with Crippen molar-refractivity contribution in [3.05, 3.63) is 32.2 Å². The molecule has 0 aromatic heterocycles.